The lowest BCUT2D eigenvalue weighted by molar-refractivity contribution is 1.03. The summed E-state index contributed by atoms with van der Waals surface area (Å²) < 4.78 is 0. The number of nitrogens with zero attached hydrogens (tertiary/aromatic N) is 1. The molecule has 0 amide bonds. The lowest BCUT2D eigenvalue weighted by Gasteiger charge is -1.91. The van der Waals surface area contributed by atoms with Crippen LogP contribution in [0.3, 0.4) is 0 Å². The Balaban J connectivity index is 2.46. The fraction of sp³-hybridized carbons (Fsp3) is 0.250. The molecule has 0 aliphatic carbocycles. The molecule has 1 heterocycles. The first-order valence-electron chi connectivity index (χ1n) is 1.75. The summed E-state index contributed by atoms with van der Waals surface area (Å²) in [4.78, 5) is 3.51. The Kier molecular flexibility index (Phi) is 0.906. The van der Waals surface area contributed by atoms with Gasteiger partial charge in [0, 0.05) is 6.54 Å². The van der Waals surface area contributed by atoms with E-state index in [-0.39, 0.29) is 0 Å². The maximum absolute atomic E-state index is 3.51. The molecule has 0 unspecified atom stereocenters. The Morgan fingerprint density at radius 1 is 1.83 bits per heavy atom. The molecule has 0 fully saturated rings. The van der Waals surface area contributed by atoms with Crippen LogP contribution in [0.25, 0.3) is 0 Å². The highest BCUT2D eigenvalue weighted by Crippen LogP contribution is 1.72. The second-order valence-corrected chi connectivity index (χ2v) is 0.938. The Bertz CT molecular complexity index is 71.5. The predicted molar refractivity (Wildman–Crippen MR) is 23.3 cm³/mol. The lowest BCUT2D eigenvalue weighted by Crippen LogP contribution is -2.12. The summed E-state index contributed by atoms with van der Waals surface area (Å²) in [6.07, 6.45) is 6.93. The van der Waals surface area contributed by atoms with Gasteiger partial charge in [-0.15, -0.1) is 0 Å². The third kappa shape index (κ3) is 0.578. The Labute approximate surface area is 36.6 Å². The molecule has 2 radical (unpaired) electrons. The zero-order chi connectivity index (χ0) is 4.24. The minimum atomic E-state index is 0.809. The lowest BCUT2D eigenvalue weighted by atomic mass is 10.6. The van der Waals surface area contributed by atoms with Crippen LogP contribution in [0.1, 0.15) is 0 Å². The SMILES string of the molecule is [C]1=CCN[C]=N1. The van der Waals surface area contributed by atoms with Gasteiger partial charge in [-0.05, 0) is 6.08 Å². The fourth-order valence-corrected chi connectivity index (χ4v) is 0.260. The summed E-state index contributed by atoms with van der Waals surface area (Å²) >= 11 is 0. The number of hydrogen-bond acceptors (Lipinski definition) is 2. The zero-order valence-corrected chi connectivity index (χ0v) is 3.23. The first-order chi connectivity index (χ1) is 3.00. The largest absolute Gasteiger partial charge is 0.363 e. The Hall–Kier alpha value is -0.790. The van der Waals surface area contributed by atoms with E-state index >= 15 is 0 Å². The maximum atomic E-state index is 3.51. The van der Waals surface area contributed by atoms with E-state index in [4.69, 9.17) is 0 Å². The van der Waals surface area contributed by atoms with Crippen LogP contribution in [0.5, 0.6) is 0 Å². The van der Waals surface area contributed by atoms with Crippen LogP contribution in [-0.4, -0.2) is 12.9 Å². The van der Waals surface area contributed by atoms with Gasteiger partial charge in [-0.2, -0.15) is 0 Å². The van der Waals surface area contributed by atoms with Crippen molar-refractivity contribution in [2.45, 2.75) is 0 Å². The molecule has 1 N–H and O–H groups in total. The number of aliphatic imine (C=N–C) groups is 1. The van der Waals surface area contributed by atoms with E-state index in [1.807, 2.05) is 0 Å². The molecule has 1 aliphatic heterocycles. The summed E-state index contributed by atoms with van der Waals surface area (Å²) in [6.45, 7) is 0.809. The van der Waals surface area contributed by atoms with Crippen molar-refractivity contribution in [1.82, 2.24) is 5.32 Å². The van der Waals surface area contributed by atoms with Gasteiger partial charge >= 0.3 is 0 Å². The maximum Gasteiger partial charge on any atom is 0.170 e. The monoisotopic (exact) mass is 80.0 g/mol. The molecule has 0 atom stereocenters. The minimum Gasteiger partial charge on any atom is -0.363 e. The van der Waals surface area contributed by atoms with Gasteiger partial charge in [0.2, 0.25) is 0 Å². The number of hydrogen-bond donors (Lipinski definition) is 1. The second kappa shape index (κ2) is 1.60. The van der Waals surface area contributed by atoms with Crippen LogP contribution in [0.4, 0.5) is 0 Å². The molecule has 2 nitrogen and oxygen atoms in total. The van der Waals surface area contributed by atoms with Gasteiger partial charge in [0.25, 0.3) is 0 Å². The third-order valence-corrected chi connectivity index (χ3v) is 0.495. The highest BCUT2D eigenvalue weighted by Gasteiger charge is 1.77. The predicted octanol–water partition coefficient (Wildman–Crippen LogP) is -0.188. The average molecular weight is 80.1 g/mol. The molecule has 1 aliphatic rings. The van der Waals surface area contributed by atoms with Gasteiger partial charge in [-0.25, -0.2) is 4.99 Å². The molecule has 0 spiro atoms. The van der Waals surface area contributed by atoms with E-state index in [9.17, 15) is 0 Å². The van der Waals surface area contributed by atoms with Crippen LogP contribution in [0, 0.1) is 6.20 Å². The second-order valence-electron chi connectivity index (χ2n) is 0.938. The zero-order valence-electron chi connectivity index (χ0n) is 3.23. The molecular weight excluding hydrogens is 76.1 g/mol. The van der Waals surface area contributed by atoms with E-state index in [1.165, 1.54) is 0 Å². The van der Waals surface area contributed by atoms with Gasteiger partial charge in [-0.1, -0.05) is 0 Å². The van der Waals surface area contributed by atoms with E-state index < -0.39 is 0 Å². The highest BCUT2D eigenvalue weighted by atomic mass is 14.9. The molecule has 2 heteroatoms. The molecule has 30 valence electrons. The van der Waals surface area contributed by atoms with E-state index in [0.717, 1.165) is 6.54 Å². The summed E-state index contributed by atoms with van der Waals surface area (Å²) in [5.74, 6) is 0. The first-order valence-corrected chi connectivity index (χ1v) is 1.75. The summed E-state index contributed by atoms with van der Waals surface area (Å²) in [6, 6.07) is 0. The Morgan fingerprint density at radius 3 is 3.00 bits per heavy atom. The van der Waals surface area contributed by atoms with Gasteiger partial charge in [0.15, 0.2) is 6.34 Å². The quantitative estimate of drug-likeness (QED) is 0.428. The standard InChI is InChI=1S/C4H4N2/c1-2-5-4-6-3-1/h1H,2H2,(H,5,6). The topological polar surface area (TPSA) is 24.4 Å². The molecule has 0 bridgehead atoms. The van der Waals surface area contributed by atoms with Crippen molar-refractivity contribution in [1.29, 1.82) is 0 Å². The molecule has 0 saturated heterocycles. The molecule has 1 rings (SSSR count). The molecule has 0 aromatic heterocycles. The molecule has 0 aromatic rings. The molecule has 0 saturated carbocycles. The van der Waals surface area contributed by atoms with Crippen molar-refractivity contribution in [2.24, 2.45) is 4.99 Å². The van der Waals surface area contributed by atoms with Crippen molar-refractivity contribution < 1.29 is 0 Å². The van der Waals surface area contributed by atoms with E-state index in [2.05, 4.69) is 22.8 Å². The summed E-state index contributed by atoms with van der Waals surface area (Å²) in [7, 11) is 0. The van der Waals surface area contributed by atoms with Crippen LogP contribution < -0.4 is 5.32 Å². The van der Waals surface area contributed by atoms with Gasteiger partial charge in [0.1, 0.15) is 0 Å². The smallest absolute Gasteiger partial charge is 0.170 e. The number of nitrogens with one attached hydrogen (secondary N) is 1. The van der Waals surface area contributed by atoms with Crippen molar-refractivity contribution in [3.63, 3.8) is 0 Å². The van der Waals surface area contributed by atoms with Crippen LogP contribution in [0.2, 0.25) is 0 Å². The van der Waals surface area contributed by atoms with Crippen LogP contribution >= 0.6 is 0 Å². The van der Waals surface area contributed by atoms with Crippen molar-refractivity contribution >= 4 is 6.34 Å². The fourth-order valence-electron chi connectivity index (χ4n) is 0.260. The minimum absolute atomic E-state index is 0.809. The van der Waals surface area contributed by atoms with Gasteiger partial charge in [-0.3, -0.25) is 0 Å². The van der Waals surface area contributed by atoms with Crippen molar-refractivity contribution in [2.75, 3.05) is 6.54 Å². The van der Waals surface area contributed by atoms with E-state index in [0.29, 0.717) is 0 Å². The molecular formula is C4H4N2. The normalized spacial score (nSPS) is 17.3. The Morgan fingerprint density at radius 2 is 2.83 bits per heavy atom. The van der Waals surface area contributed by atoms with Crippen molar-refractivity contribution in [3.05, 3.63) is 12.3 Å². The molecule has 0 aromatic carbocycles. The highest BCUT2D eigenvalue weighted by molar-refractivity contribution is 5.55. The van der Waals surface area contributed by atoms with Gasteiger partial charge < -0.3 is 5.32 Å². The number of rotatable bonds is 0. The van der Waals surface area contributed by atoms with Gasteiger partial charge in [0.05, 0.1) is 6.20 Å². The summed E-state index contributed by atoms with van der Waals surface area (Å²) in [5, 5.41) is 2.75. The first kappa shape index (κ1) is 3.40. The molecule has 6 heavy (non-hydrogen) atoms. The summed E-state index contributed by atoms with van der Waals surface area (Å²) in [5.41, 5.74) is 0. The van der Waals surface area contributed by atoms with Crippen LogP contribution in [0.15, 0.2) is 11.1 Å². The third-order valence-electron chi connectivity index (χ3n) is 0.495. The van der Waals surface area contributed by atoms with E-state index in [1.54, 1.807) is 6.08 Å². The van der Waals surface area contributed by atoms with Crippen molar-refractivity contribution in [3.8, 4) is 0 Å². The van der Waals surface area contributed by atoms with Crippen LogP contribution in [-0.2, 0) is 0 Å². The average Bonchev–Trinajstić information content (AvgIpc) is 1.72.